The molecule has 2 atom stereocenters. The summed E-state index contributed by atoms with van der Waals surface area (Å²) in [4.78, 5) is 39.2. The van der Waals surface area contributed by atoms with Gasteiger partial charge in [0.2, 0.25) is 0 Å². The lowest BCUT2D eigenvalue weighted by Gasteiger charge is -2.18. The molecule has 1 aliphatic carbocycles. The molecule has 1 heterocycles. The maximum Gasteiger partial charge on any atom is 0.341 e. The molecule has 0 radical (unpaired) electrons. The molecule has 0 spiro atoms. The second-order valence-electron chi connectivity index (χ2n) is 9.38. The van der Waals surface area contributed by atoms with Gasteiger partial charge in [-0.15, -0.1) is 11.3 Å². The van der Waals surface area contributed by atoms with E-state index in [1.165, 1.54) is 36.5 Å². The maximum absolute atomic E-state index is 13.8. The fourth-order valence-electron chi connectivity index (χ4n) is 4.26. The Hall–Kier alpha value is -3.76. The summed E-state index contributed by atoms with van der Waals surface area (Å²) in [6, 6.07) is 10.5. The molecule has 1 aromatic heterocycles. The zero-order chi connectivity index (χ0) is 28.8. The van der Waals surface area contributed by atoms with E-state index in [0.717, 1.165) is 35.9 Å². The molecule has 4 rings (SSSR count). The number of hydrogen-bond donors (Lipinski definition) is 2. The van der Waals surface area contributed by atoms with Crippen molar-refractivity contribution in [3.63, 3.8) is 0 Å². The van der Waals surface area contributed by atoms with Crippen LogP contribution in [0.5, 0.6) is 5.75 Å². The number of ether oxygens (including phenoxy) is 2. The predicted molar refractivity (Wildman–Crippen MR) is 153 cm³/mol. The normalized spacial score (nSPS) is 15.3. The van der Waals surface area contributed by atoms with Gasteiger partial charge in [-0.1, -0.05) is 24.6 Å². The van der Waals surface area contributed by atoms with E-state index in [1.807, 2.05) is 0 Å². The van der Waals surface area contributed by atoms with Crippen LogP contribution in [0.25, 0.3) is 0 Å². The summed E-state index contributed by atoms with van der Waals surface area (Å²) in [5.41, 5.74) is 4.11. The zero-order valence-corrected chi connectivity index (χ0v) is 23.8. The van der Waals surface area contributed by atoms with Crippen LogP contribution in [0, 0.1) is 11.7 Å². The Labute approximate surface area is 240 Å². The molecule has 3 aromatic rings. The smallest absolute Gasteiger partial charge is 0.341 e. The van der Waals surface area contributed by atoms with Crippen molar-refractivity contribution in [3.05, 3.63) is 80.4 Å². The van der Waals surface area contributed by atoms with Gasteiger partial charge in [-0.3, -0.25) is 9.59 Å². The average molecular weight is 586 g/mol. The van der Waals surface area contributed by atoms with Crippen LogP contribution in [-0.2, 0) is 22.4 Å². The molecule has 1 aliphatic rings. The summed E-state index contributed by atoms with van der Waals surface area (Å²) in [7, 11) is 0. The Bertz CT molecular complexity index is 1420. The van der Waals surface area contributed by atoms with E-state index in [0.29, 0.717) is 27.8 Å². The first-order chi connectivity index (χ1) is 19.2. The fourth-order valence-corrected chi connectivity index (χ4v) is 5.87. The van der Waals surface area contributed by atoms with E-state index < -0.39 is 23.8 Å². The Morgan fingerprint density at radius 2 is 1.98 bits per heavy atom. The Balaban J connectivity index is 1.38. The molecule has 2 aromatic carbocycles. The van der Waals surface area contributed by atoms with Crippen LogP contribution in [0.15, 0.2) is 47.6 Å². The summed E-state index contributed by atoms with van der Waals surface area (Å²) in [5.74, 6) is -1.07. The first-order valence-corrected chi connectivity index (χ1v) is 14.0. The number of thiophene rings is 1. The molecule has 210 valence electrons. The first-order valence-electron chi connectivity index (χ1n) is 12.8. The molecule has 0 saturated carbocycles. The topological polar surface area (TPSA) is 106 Å². The van der Waals surface area contributed by atoms with Crippen molar-refractivity contribution < 1.29 is 28.2 Å². The third-order valence-corrected chi connectivity index (χ3v) is 7.88. The number of carbonyl (C=O) groups is 3. The summed E-state index contributed by atoms with van der Waals surface area (Å²) in [6.07, 6.45) is 2.81. The summed E-state index contributed by atoms with van der Waals surface area (Å²) >= 11 is 7.36. The van der Waals surface area contributed by atoms with E-state index in [-0.39, 0.29) is 23.1 Å². The van der Waals surface area contributed by atoms with E-state index in [1.54, 1.807) is 31.2 Å². The van der Waals surface area contributed by atoms with E-state index in [4.69, 9.17) is 21.1 Å². The SMILES string of the molecule is CCOC(=O)c1c(NC(=O)c2ccc(O[C@H](C)C(=O)N/N=C\c3c(F)cccc3Cl)cc2)sc2c1CC[C@@H](C)C2. The molecular formula is C29H29ClFN3O5S. The molecule has 40 heavy (non-hydrogen) atoms. The van der Waals surface area contributed by atoms with E-state index in [2.05, 4.69) is 22.8 Å². The number of benzene rings is 2. The number of amides is 2. The predicted octanol–water partition coefficient (Wildman–Crippen LogP) is 6.01. The molecule has 8 nitrogen and oxygen atoms in total. The molecule has 2 amide bonds. The highest BCUT2D eigenvalue weighted by atomic mass is 35.5. The summed E-state index contributed by atoms with van der Waals surface area (Å²) < 4.78 is 24.7. The number of hydrazone groups is 1. The minimum atomic E-state index is -0.931. The molecule has 11 heteroatoms. The molecular weight excluding hydrogens is 557 g/mol. The van der Waals surface area contributed by atoms with Crippen LogP contribution in [0.2, 0.25) is 5.02 Å². The second kappa shape index (κ2) is 13.1. The van der Waals surface area contributed by atoms with Crippen molar-refractivity contribution in [3.8, 4) is 5.75 Å². The Morgan fingerprint density at radius 3 is 2.67 bits per heavy atom. The van der Waals surface area contributed by atoms with Crippen molar-refractivity contribution in [2.24, 2.45) is 11.0 Å². The van der Waals surface area contributed by atoms with Gasteiger partial charge >= 0.3 is 5.97 Å². The van der Waals surface area contributed by atoms with Gasteiger partial charge in [0.1, 0.15) is 16.6 Å². The highest BCUT2D eigenvalue weighted by Crippen LogP contribution is 2.40. The first kappa shape index (κ1) is 29.2. The van der Waals surface area contributed by atoms with Crippen molar-refractivity contribution in [1.29, 1.82) is 0 Å². The van der Waals surface area contributed by atoms with Crippen molar-refractivity contribution in [2.45, 2.75) is 46.1 Å². The number of anilines is 1. The molecule has 2 N–H and O–H groups in total. The van der Waals surface area contributed by atoms with Gasteiger partial charge < -0.3 is 14.8 Å². The lowest BCUT2D eigenvalue weighted by molar-refractivity contribution is -0.127. The van der Waals surface area contributed by atoms with Crippen molar-refractivity contribution in [1.82, 2.24) is 5.43 Å². The number of esters is 1. The zero-order valence-electron chi connectivity index (χ0n) is 22.3. The van der Waals surface area contributed by atoms with Gasteiger partial charge in [-0.2, -0.15) is 5.10 Å². The van der Waals surface area contributed by atoms with E-state index >= 15 is 0 Å². The Kier molecular flexibility index (Phi) is 9.54. The molecule has 0 fully saturated rings. The minimum absolute atomic E-state index is 0.0542. The van der Waals surface area contributed by atoms with Crippen molar-refractivity contribution >= 4 is 51.9 Å². The van der Waals surface area contributed by atoms with Gasteiger partial charge in [0.05, 0.1) is 23.4 Å². The number of hydrogen-bond acceptors (Lipinski definition) is 7. The van der Waals surface area contributed by atoms with Crippen LogP contribution in [0.4, 0.5) is 9.39 Å². The van der Waals surface area contributed by atoms with E-state index in [9.17, 15) is 18.8 Å². The number of halogens is 2. The van der Waals surface area contributed by atoms with Gasteiger partial charge in [0.15, 0.2) is 6.10 Å². The number of rotatable bonds is 9. The minimum Gasteiger partial charge on any atom is -0.481 e. The third kappa shape index (κ3) is 6.86. The van der Waals surface area contributed by atoms with Crippen LogP contribution in [0.3, 0.4) is 0 Å². The number of carbonyl (C=O) groups excluding carboxylic acids is 3. The molecule has 0 aliphatic heterocycles. The van der Waals surface area contributed by atoms with Crippen molar-refractivity contribution in [2.75, 3.05) is 11.9 Å². The van der Waals surface area contributed by atoms with Gasteiger partial charge in [-0.05, 0) is 81.0 Å². The van der Waals surface area contributed by atoms with Crippen LogP contribution in [0.1, 0.15) is 63.9 Å². The standard InChI is InChI=1S/C29H29ClFN3O5S/c1-4-38-29(37)25-20-13-8-16(2)14-24(20)40-28(25)33-27(36)18-9-11-19(12-10-18)39-17(3)26(35)34-32-15-21-22(30)6-5-7-23(21)31/h5-7,9-12,15-17H,4,8,13-14H2,1-3H3,(H,33,36)(H,34,35)/b32-15-/t16-,17-/m1/s1. The molecule has 0 saturated heterocycles. The van der Waals surface area contributed by atoms with Gasteiger partial charge in [-0.25, -0.2) is 14.6 Å². The Morgan fingerprint density at radius 1 is 1.23 bits per heavy atom. The summed E-state index contributed by atoms with van der Waals surface area (Å²) in [6.45, 7) is 5.70. The monoisotopic (exact) mass is 585 g/mol. The highest BCUT2D eigenvalue weighted by molar-refractivity contribution is 7.17. The summed E-state index contributed by atoms with van der Waals surface area (Å²) in [5, 5.41) is 7.29. The van der Waals surface area contributed by atoms with Gasteiger partial charge in [0.25, 0.3) is 11.8 Å². The number of fused-ring (bicyclic) bond motifs is 1. The lowest BCUT2D eigenvalue weighted by atomic mass is 9.88. The van der Waals surface area contributed by atoms with Crippen LogP contribution >= 0.6 is 22.9 Å². The molecule has 0 bridgehead atoms. The maximum atomic E-state index is 13.8. The quantitative estimate of drug-likeness (QED) is 0.182. The molecule has 0 unspecified atom stereocenters. The lowest BCUT2D eigenvalue weighted by Crippen LogP contribution is -2.33. The average Bonchev–Trinajstić information content (AvgIpc) is 3.27. The number of nitrogens with one attached hydrogen (secondary N) is 2. The van der Waals surface area contributed by atoms with Crippen LogP contribution < -0.4 is 15.5 Å². The highest BCUT2D eigenvalue weighted by Gasteiger charge is 2.29. The van der Waals surface area contributed by atoms with Gasteiger partial charge in [0, 0.05) is 16.0 Å². The third-order valence-electron chi connectivity index (χ3n) is 6.38. The second-order valence-corrected chi connectivity index (χ2v) is 10.9. The van der Waals surface area contributed by atoms with Crippen LogP contribution in [-0.4, -0.2) is 36.7 Å². The number of nitrogens with zero attached hydrogens (tertiary/aromatic N) is 1. The fraction of sp³-hybridized carbons (Fsp3) is 0.310. The largest absolute Gasteiger partial charge is 0.481 e.